The van der Waals surface area contributed by atoms with E-state index in [4.69, 9.17) is 5.73 Å². The molecule has 10 heteroatoms. The number of nitrogens with two attached hydrogens (primary N) is 1. The minimum Gasteiger partial charge on any atom is -0.507 e. The second kappa shape index (κ2) is 6.75. The van der Waals surface area contributed by atoms with E-state index >= 15 is 0 Å². The van der Waals surface area contributed by atoms with E-state index in [-0.39, 0.29) is 15.6 Å². The van der Waals surface area contributed by atoms with Crippen molar-refractivity contribution in [3.05, 3.63) is 57.6 Å². The standard InChI is InChI=1S/C15H10BrF6NO2/c16-8-5-10(13(24)11(6-8)14(17,18)19)12(23)7-1-3-9(4-2-7)25-15(20,21)22/h1-6,12,24H,23H2/t12-/m1/s1. The van der Waals surface area contributed by atoms with E-state index in [2.05, 4.69) is 20.7 Å². The molecule has 0 amide bonds. The highest BCUT2D eigenvalue weighted by molar-refractivity contribution is 9.10. The summed E-state index contributed by atoms with van der Waals surface area (Å²) in [6.07, 6.45) is -9.67. The molecule has 2 aromatic rings. The van der Waals surface area contributed by atoms with Crippen molar-refractivity contribution in [3.63, 3.8) is 0 Å². The molecule has 0 aliphatic heterocycles. The summed E-state index contributed by atoms with van der Waals surface area (Å²) in [7, 11) is 0. The predicted octanol–water partition coefficient (Wildman–Crippen LogP) is 5.12. The molecule has 0 spiro atoms. The molecule has 1 atom stereocenters. The smallest absolute Gasteiger partial charge is 0.507 e. The lowest BCUT2D eigenvalue weighted by atomic mass is 9.96. The molecule has 0 bridgehead atoms. The lowest BCUT2D eigenvalue weighted by molar-refractivity contribution is -0.274. The number of aromatic hydroxyl groups is 1. The summed E-state index contributed by atoms with van der Waals surface area (Å²) in [5.41, 5.74) is 4.55. The molecular weight excluding hydrogens is 420 g/mol. The number of benzene rings is 2. The van der Waals surface area contributed by atoms with Gasteiger partial charge in [-0.25, -0.2) is 0 Å². The van der Waals surface area contributed by atoms with Crippen molar-refractivity contribution in [2.24, 2.45) is 5.73 Å². The normalized spacial score (nSPS) is 13.6. The third-order valence-corrected chi connectivity index (χ3v) is 3.68. The van der Waals surface area contributed by atoms with Gasteiger partial charge in [-0.15, -0.1) is 13.2 Å². The monoisotopic (exact) mass is 429 g/mol. The minimum absolute atomic E-state index is 0.0418. The number of rotatable bonds is 3. The molecule has 0 aliphatic carbocycles. The molecule has 0 saturated heterocycles. The van der Waals surface area contributed by atoms with Gasteiger partial charge in [-0.05, 0) is 29.8 Å². The van der Waals surface area contributed by atoms with Gasteiger partial charge < -0.3 is 15.6 Å². The van der Waals surface area contributed by atoms with Crippen molar-refractivity contribution in [2.45, 2.75) is 18.6 Å². The maximum Gasteiger partial charge on any atom is 0.573 e. The Morgan fingerprint density at radius 2 is 1.56 bits per heavy atom. The van der Waals surface area contributed by atoms with Gasteiger partial charge in [0.1, 0.15) is 11.5 Å². The van der Waals surface area contributed by atoms with Crippen LogP contribution in [0, 0.1) is 0 Å². The molecule has 2 aromatic carbocycles. The maximum atomic E-state index is 12.9. The van der Waals surface area contributed by atoms with Gasteiger partial charge in [0.15, 0.2) is 0 Å². The second-order valence-electron chi connectivity index (χ2n) is 4.98. The number of ether oxygens (including phenoxy) is 1. The molecule has 0 heterocycles. The van der Waals surface area contributed by atoms with Crippen LogP contribution in [0.3, 0.4) is 0 Å². The molecular formula is C15H10BrF6NO2. The van der Waals surface area contributed by atoms with Crippen LogP contribution in [0.5, 0.6) is 11.5 Å². The number of hydrogen-bond acceptors (Lipinski definition) is 3. The Balaban J connectivity index is 2.38. The van der Waals surface area contributed by atoms with Crippen molar-refractivity contribution in [2.75, 3.05) is 0 Å². The Hall–Kier alpha value is -1.94. The van der Waals surface area contributed by atoms with E-state index in [9.17, 15) is 31.4 Å². The number of hydrogen-bond donors (Lipinski definition) is 2. The van der Waals surface area contributed by atoms with Crippen LogP contribution in [0.25, 0.3) is 0 Å². The molecule has 25 heavy (non-hydrogen) atoms. The molecule has 0 radical (unpaired) electrons. The second-order valence-corrected chi connectivity index (χ2v) is 5.90. The summed E-state index contributed by atoms with van der Waals surface area (Å²) in [5, 5.41) is 9.89. The third kappa shape index (κ3) is 4.79. The quantitative estimate of drug-likeness (QED) is 0.665. The first-order valence-corrected chi connectivity index (χ1v) is 7.38. The van der Waals surface area contributed by atoms with Gasteiger partial charge in [0.05, 0.1) is 11.6 Å². The average molecular weight is 430 g/mol. The average Bonchev–Trinajstić information content (AvgIpc) is 2.46. The highest BCUT2D eigenvalue weighted by Gasteiger charge is 2.36. The number of phenols is 1. The van der Waals surface area contributed by atoms with Crippen LogP contribution in [-0.2, 0) is 6.18 Å². The third-order valence-electron chi connectivity index (χ3n) is 3.22. The van der Waals surface area contributed by atoms with Crippen molar-refractivity contribution >= 4 is 15.9 Å². The van der Waals surface area contributed by atoms with Crippen molar-refractivity contribution in [1.82, 2.24) is 0 Å². The Morgan fingerprint density at radius 3 is 2.04 bits per heavy atom. The molecule has 0 saturated carbocycles. The molecule has 0 fully saturated rings. The van der Waals surface area contributed by atoms with Crippen LogP contribution < -0.4 is 10.5 Å². The van der Waals surface area contributed by atoms with Crippen molar-refractivity contribution < 1.29 is 36.2 Å². The Kier molecular flexibility index (Phi) is 5.24. The van der Waals surface area contributed by atoms with Crippen LogP contribution in [0.2, 0.25) is 0 Å². The van der Waals surface area contributed by atoms with Crippen LogP contribution in [0.4, 0.5) is 26.3 Å². The summed E-state index contributed by atoms with van der Waals surface area (Å²) in [6, 6.07) is 4.99. The molecule has 0 aliphatic rings. The summed E-state index contributed by atoms with van der Waals surface area (Å²) in [4.78, 5) is 0. The highest BCUT2D eigenvalue weighted by Crippen LogP contribution is 2.42. The molecule has 3 N–H and O–H groups in total. The largest absolute Gasteiger partial charge is 0.573 e. The van der Waals surface area contributed by atoms with E-state index in [1.54, 1.807) is 0 Å². The number of alkyl halides is 6. The summed E-state index contributed by atoms with van der Waals surface area (Å²) < 4.78 is 78.9. The molecule has 3 nitrogen and oxygen atoms in total. The Bertz CT molecular complexity index is 758. The maximum absolute atomic E-state index is 12.9. The molecule has 0 unspecified atom stereocenters. The first-order valence-electron chi connectivity index (χ1n) is 6.59. The van der Waals surface area contributed by atoms with Crippen LogP contribution in [0.1, 0.15) is 22.7 Å². The van der Waals surface area contributed by atoms with E-state index < -0.39 is 35.6 Å². The van der Waals surface area contributed by atoms with Gasteiger partial charge in [0, 0.05) is 10.0 Å². The van der Waals surface area contributed by atoms with Gasteiger partial charge >= 0.3 is 12.5 Å². The fraction of sp³-hybridized carbons (Fsp3) is 0.200. The zero-order valence-corrected chi connectivity index (χ0v) is 13.7. The van der Waals surface area contributed by atoms with E-state index in [1.807, 2.05) is 0 Å². The Morgan fingerprint density at radius 1 is 1.00 bits per heavy atom. The van der Waals surface area contributed by atoms with Gasteiger partial charge in [-0.1, -0.05) is 28.1 Å². The van der Waals surface area contributed by atoms with Gasteiger partial charge in [-0.2, -0.15) is 13.2 Å². The summed E-state index contributed by atoms with van der Waals surface area (Å²) in [6.45, 7) is 0. The van der Waals surface area contributed by atoms with Crippen molar-refractivity contribution in [1.29, 1.82) is 0 Å². The van der Waals surface area contributed by atoms with Crippen LogP contribution >= 0.6 is 15.9 Å². The zero-order chi connectivity index (χ0) is 19.0. The van der Waals surface area contributed by atoms with E-state index in [1.165, 1.54) is 18.2 Å². The fourth-order valence-electron chi connectivity index (χ4n) is 2.13. The molecule has 136 valence electrons. The van der Waals surface area contributed by atoms with Crippen LogP contribution in [0.15, 0.2) is 40.9 Å². The Labute approximate surface area is 146 Å². The highest BCUT2D eigenvalue weighted by atomic mass is 79.9. The lowest BCUT2D eigenvalue weighted by Gasteiger charge is -2.19. The first kappa shape index (κ1) is 19.4. The minimum atomic E-state index is -4.87. The topological polar surface area (TPSA) is 55.5 Å². The SMILES string of the molecule is N[C@H](c1ccc(OC(F)(F)F)cc1)c1cc(Br)cc(C(F)(F)F)c1O. The van der Waals surface area contributed by atoms with Gasteiger partial charge in [0.2, 0.25) is 0 Å². The van der Waals surface area contributed by atoms with E-state index in [0.717, 1.165) is 12.1 Å². The van der Waals surface area contributed by atoms with Crippen LogP contribution in [-0.4, -0.2) is 11.5 Å². The zero-order valence-electron chi connectivity index (χ0n) is 12.1. The summed E-state index contributed by atoms with van der Waals surface area (Å²) in [5.74, 6) is -1.54. The number of phenolic OH excluding ortho intramolecular Hbond substituents is 1. The van der Waals surface area contributed by atoms with E-state index in [0.29, 0.717) is 6.07 Å². The summed E-state index contributed by atoms with van der Waals surface area (Å²) >= 11 is 2.91. The van der Waals surface area contributed by atoms with Crippen molar-refractivity contribution in [3.8, 4) is 11.5 Å². The predicted molar refractivity (Wildman–Crippen MR) is 80.0 cm³/mol. The van der Waals surface area contributed by atoms with Gasteiger partial charge in [-0.3, -0.25) is 0 Å². The number of halogens is 7. The van der Waals surface area contributed by atoms with Gasteiger partial charge in [0.25, 0.3) is 0 Å². The first-order chi connectivity index (χ1) is 11.4. The lowest BCUT2D eigenvalue weighted by Crippen LogP contribution is -2.17. The fourth-order valence-corrected chi connectivity index (χ4v) is 2.61. The molecule has 0 aromatic heterocycles. The molecule has 2 rings (SSSR count).